The maximum atomic E-state index is 13.2. The fraction of sp³-hybridized carbons (Fsp3) is 0.259. The second kappa shape index (κ2) is 9.18. The molecule has 2 amide bonds. The van der Waals surface area contributed by atoms with Crippen molar-refractivity contribution in [3.05, 3.63) is 59.9 Å². The number of amides is 2. The largest absolute Gasteiger partial charge is 0.493 e. The van der Waals surface area contributed by atoms with Gasteiger partial charge in [-0.3, -0.25) is 14.9 Å². The predicted octanol–water partition coefficient (Wildman–Crippen LogP) is 2.63. The molecule has 0 saturated heterocycles. The lowest BCUT2D eigenvalue weighted by atomic mass is 9.95. The fourth-order valence-corrected chi connectivity index (χ4v) is 5.00. The van der Waals surface area contributed by atoms with Gasteiger partial charge in [0.25, 0.3) is 11.8 Å². The Morgan fingerprint density at radius 2 is 1.69 bits per heavy atom. The molecule has 1 atom stereocenters. The van der Waals surface area contributed by atoms with Gasteiger partial charge in [-0.1, -0.05) is 18.2 Å². The average Bonchev–Trinajstić information content (AvgIpc) is 3.50. The smallest absolute Gasteiger partial charge is 0.259 e. The third-order valence-electron chi connectivity index (χ3n) is 6.42. The van der Waals surface area contributed by atoms with Gasteiger partial charge in [-0.25, -0.2) is 0 Å². The third kappa shape index (κ3) is 3.82. The zero-order valence-corrected chi connectivity index (χ0v) is 20.6. The topological polar surface area (TPSA) is 109 Å². The first-order valence-corrected chi connectivity index (χ1v) is 11.6. The predicted molar refractivity (Wildman–Crippen MR) is 138 cm³/mol. The van der Waals surface area contributed by atoms with Crippen LogP contribution in [0.2, 0.25) is 0 Å². The number of methoxy groups -OCH3 is 2. The molecule has 0 bridgehead atoms. The van der Waals surface area contributed by atoms with Gasteiger partial charge in [-0.15, -0.1) is 0 Å². The standard InChI is InChI=1S/C27H28N4O5/c1-30(2)12-15(32)13-31-14-19(17-9-10-21(35-3)25(36-4)24(17)31)23-22(26(33)29-27(23)34)18-11-28-20-8-6-5-7-16(18)20/h5-11,14-15,28,32H,12-13H2,1-4H3,(H,29,33,34). The van der Waals surface area contributed by atoms with Crippen molar-refractivity contribution in [1.82, 2.24) is 19.8 Å². The summed E-state index contributed by atoms with van der Waals surface area (Å²) in [6, 6.07) is 11.2. The van der Waals surface area contributed by atoms with E-state index < -0.39 is 17.9 Å². The molecular formula is C27H28N4O5. The second-order valence-electron chi connectivity index (χ2n) is 9.09. The van der Waals surface area contributed by atoms with Gasteiger partial charge in [-0.05, 0) is 32.3 Å². The first kappa shape index (κ1) is 23.7. The van der Waals surface area contributed by atoms with Gasteiger partial charge in [-0.2, -0.15) is 0 Å². The van der Waals surface area contributed by atoms with Crippen LogP contribution in [0, 0.1) is 0 Å². The summed E-state index contributed by atoms with van der Waals surface area (Å²) in [5.41, 5.74) is 3.35. The molecule has 36 heavy (non-hydrogen) atoms. The maximum absolute atomic E-state index is 13.2. The number of benzene rings is 2. The summed E-state index contributed by atoms with van der Waals surface area (Å²) in [5, 5.41) is 14.8. The zero-order chi connectivity index (χ0) is 25.6. The van der Waals surface area contributed by atoms with Crippen LogP contribution in [0.4, 0.5) is 0 Å². The number of likely N-dealkylation sites (N-methyl/N-ethyl adjacent to an activating group) is 1. The highest BCUT2D eigenvalue weighted by atomic mass is 16.5. The fourth-order valence-electron chi connectivity index (χ4n) is 5.00. The molecule has 4 aromatic rings. The molecular weight excluding hydrogens is 460 g/mol. The van der Waals surface area contributed by atoms with Crippen molar-refractivity contribution in [3.8, 4) is 11.5 Å². The molecule has 186 valence electrons. The van der Waals surface area contributed by atoms with Gasteiger partial charge in [0.05, 0.1) is 37.0 Å². The lowest BCUT2D eigenvalue weighted by Crippen LogP contribution is -2.29. The van der Waals surface area contributed by atoms with E-state index >= 15 is 0 Å². The highest BCUT2D eigenvalue weighted by Crippen LogP contribution is 2.43. The molecule has 0 spiro atoms. The molecule has 0 fully saturated rings. The van der Waals surface area contributed by atoms with Crippen LogP contribution in [0.1, 0.15) is 11.1 Å². The molecule has 1 aliphatic rings. The summed E-state index contributed by atoms with van der Waals surface area (Å²) in [6.07, 6.45) is 2.87. The number of ether oxygens (including phenoxy) is 2. The van der Waals surface area contributed by atoms with E-state index in [9.17, 15) is 14.7 Å². The summed E-state index contributed by atoms with van der Waals surface area (Å²) in [5.74, 6) is 0.0878. The van der Waals surface area contributed by atoms with Crippen LogP contribution in [0.15, 0.2) is 48.8 Å². The van der Waals surface area contributed by atoms with Gasteiger partial charge in [0.2, 0.25) is 0 Å². The minimum absolute atomic E-state index is 0.253. The van der Waals surface area contributed by atoms with Crippen LogP contribution in [0.3, 0.4) is 0 Å². The maximum Gasteiger partial charge on any atom is 0.259 e. The minimum atomic E-state index is -0.680. The Bertz CT molecular complexity index is 1530. The van der Waals surface area contributed by atoms with Crippen molar-refractivity contribution in [2.45, 2.75) is 12.6 Å². The van der Waals surface area contributed by atoms with Gasteiger partial charge >= 0.3 is 0 Å². The zero-order valence-electron chi connectivity index (χ0n) is 20.6. The number of aliphatic hydroxyl groups is 1. The number of hydrogen-bond acceptors (Lipinski definition) is 6. The highest BCUT2D eigenvalue weighted by Gasteiger charge is 2.35. The normalized spacial score (nSPS) is 14.8. The molecule has 0 aliphatic carbocycles. The van der Waals surface area contributed by atoms with E-state index in [0.717, 1.165) is 10.9 Å². The molecule has 1 unspecified atom stereocenters. The molecule has 0 saturated carbocycles. The summed E-state index contributed by atoms with van der Waals surface area (Å²) in [4.78, 5) is 31.4. The highest BCUT2D eigenvalue weighted by molar-refractivity contribution is 6.50. The van der Waals surface area contributed by atoms with Crippen LogP contribution < -0.4 is 14.8 Å². The van der Waals surface area contributed by atoms with Crippen molar-refractivity contribution in [1.29, 1.82) is 0 Å². The number of aromatic nitrogens is 2. The Balaban J connectivity index is 1.78. The average molecular weight is 489 g/mol. The van der Waals surface area contributed by atoms with E-state index in [4.69, 9.17) is 9.47 Å². The summed E-state index contributed by atoms with van der Waals surface area (Å²) in [7, 11) is 6.88. The number of nitrogens with one attached hydrogen (secondary N) is 2. The van der Waals surface area contributed by atoms with Crippen molar-refractivity contribution < 1.29 is 24.2 Å². The first-order valence-electron chi connectivity index (χ1n) is 11.6. The van der Waals surface area contributed by atoms with Crippen molar-refractivity contribution >= 4 is 44.8 Å². The molecule has 5 rings (SSSR count). The second-order valence-corrected chi connectivity index (χ2v) is 9.09. The third-order valence-corrected chi connectivity index (χ3v) is 6.42. The summed E-state index contributed by atoms with van der Waals surface area (Å²) >= 11 is 0. The Morgan fingerprint density at radius 3 is 2.39 bits per heavy atom. The number of fused-ring (bicyclic) bond motifs is 2. The number of para-hydroxylation sites is 1. The van der Waals surface area contributed by atoms with Gasteiger partial charge in [0.15, 0.2) is 11.5 Å². The minimum Gasteiger partial charge on any atom is -0.493 e. The first-order chi connectivity index (χ1) is 17.3. The van der Waals surface area contributed by atoms with E-state index in [1.807, 2.05) is 53.9 Å². The Labute approximate surface area is 207 Å². The number of carbonyl (C=O) groups is 2. The Hall–Kier alpha value is -4.08. The van der Waals surface area contributed by atoms with E-state index in [1.165, 1.54) is 0 Å². The molecule has 2 aromatic carbocycles. The number of aliphatic hydroxyl groups excluding tert-OH is 1. The van der Waals surface area contributed by atoms with E-state index in [2.05, 4.69) is 10.3 Å². The lowest BCUT2D eigenvalue weighted by molar-refractivity contribution is -0.122. The quantitative estimate of drug-likeness (QED) is 0.329. The van der Waals surface area contributed by atoms with E-state index in [1.54, 1.807) is 32.7 Å². The number of nitrogens with zero attached hydrogens (tertiary/aromatic N) is 2. The van der Waals surface area contributed by atoms with Gasteiger partial charge < -0.3 is 29.0 Å². The number of carbonyl (C=O) groups excluding carboxylic acids is 2. The number of rotatable bonds is 8. The Morgan fingerprint density at radius 1 is 0.972 bits per heavy atom. The number of hydrogen-bond donors (Lipinski definition) is 3. The molecule has 2 aromatic heterocycles. The van der Waals surface area contributed by atoms with Gasteiger partial charge in [0.1, 0.15) is 0 Å². The molecule has 3 N–H and O–H groups in total. The number of imide groups is 1. The SMILES string of the molecule is COc1ccc2c(C3=C(c4c[nH]c5ccccc45)C(=O)NC3=O)cn(CC(O)CN(C)C)c2c1OC. The van der Waals surface area contributed by atoms with Crippen LogP contribution in [0.25, 0.3) is 33.0 Å². The van der Waals surface area contributed by atoms with Crippen molar-refractivity contribution in [3.63, 3.8) is 0 Å². The molecule has 1 aliphatic heterocycles. The number of H-pyrrole nitrogens is 1. The molecule has 0 radical (unpaired) electrons. The summed E-state index contributed by atoms with van der Waals surface area (Å²) in [6.45, 7) is 0.701. The van der Waals surface area contributed by atoms with E-state index in [-0.39, 0.29) is 12.1 Å². The van der Waals surface area contributed by atoms with Crippen molar-refractivity contribution in [2.24, 2.45) is 0 Å². The van der Waals surface area contributed by atoms with Crippen LogP contribution >= 0.6 is 0 Å². The molecule has 3 heterocycles. The monoisotopic (exact) mass is 488 g/mol. The van der Waals surface area contributed by atoms with Gasteiger partial charge in [0, 0.05) is 52.9 Å². The van der Waals surface area contributed by atoms with Crippen LogP contribution in [0.5, 0.6) is 11.5 Å². The van der Waals surface area contributed by atoms with Crippen LogP contribution in [-0.2, 0) is 16.1 Å². The molecule has 9 nitrogen and oxygen atoms in total. The van der Waals surface area contributed by atoms with Crippen molar-refractivity contribution in [2.75, 3.05) is 34.9 Å². The van der Waals surface area contributed by atoms with E-state index in [0.29, 0.717) is 45.6 Å². The number of aromatic amines is 1. The molecule has 9 heteroatoms. The Kier molecular flexibility index (Phi) is 6.03. The lowest BCUT2D eigenvalue weighted by Gasteiger charge is -2.18. The summed E-state index contributed by atoms with van der Waals surface area (Å²) < 4.78 is 13.1. The van der Waals surface area contributed by atoms with Crippen LogP contribution in [-0.4, -0.2) is 72.3 Å².